The maximum Gasteiger partial charge on any atom is 0.416 e. The SMILES string of the molecule is CC(C)N1C(=O)C(NC(=O)CC2C=CC(C(F)(F)F)=CC2C(F)(F)F)CN(c2ccccc2)c2ccccc21. The van der Waals surface area contributed by atoms with Gasteiger partial charge in [-0.15, -0.1) is 0 Å². The van der Waals surface area contributed by atoms with E-state index in [-0.39, 0.29) is 18.7 Å². The number of para-hydroxylation sites is 3. The molecule has 1 heterocycles. The Morgan fingerprint density at radius 1 is 0.974 bits per heavy atom. The minimum Gasteiger partial charge on any atom is -0.343 e. The minimum atomic E-state index is -5.00. The second-order valence-corrected chi connectivity index (χ2v) is 9.77. The molecule has 4 rings (SSSR count). The zero-order valence-corrected chi connectivity index (χ0v) is 21.1. The number of benzene rings is 2. The van der Waals surface area contributed by atoms with Crippen molar-refractivity contribution >= 4 is 28.9 Å². The molecule has 0 bridgehead atoms. The summed E-state index contributed by atoms with van der Waals surface area (Å²) in [4.78, 5) is 30.1. The van der Waals surface area contributed by atoms with E-state index in [0.29, 0.717) is 17.5 Å². The molecular formula is C28H27F6N3O2. The number of carbonyl (C=O) groups is 2. The number of carbonyl (C=O) groups excluding carboxylic acids is 2. The number of hydrogen-bond acceptors (Lipinski definition) is 3. The van der Waals surface area contributed by atoms with Crippen LogP contribution in [0.15, 0.2) is 78.4 Å². The highest BCUT2D eigenvalue weighted by Crippen LogP contribution is 2.42. The summed E-state index contributed by atoms with van der Waals surface area (Å²) in [6.45, 7) is 3.60. The highest BCUT2D eigenvalue weighted by Gasteiger charge is 2.47. The van der Waals surface area contributed by atoms with Crippen molar-refractivity contribution in [2.75, 3.05) is 16.3 Å². The quantitative estimate of drug-likeness (QED) is 0.444. The van der Waals surface area contributed by atoms with Crippen LogP contribution >= 0.6 is 0 Å². The third-order valence-corrected chi connectivity index (χ3v) is 6.72. The van der Waals surface area contributed by atoms with Gasteiger partial charge in [0, 0.05) is 24.1 Å². The summed E-state index contributed by atoms with van der Waals surface area (Å²) >= 11 is 0. The first-order valence-corrected chi connectivity index (χ1v) is 12.4. The normalized spacial score (nSPS) is 21.9. The molecular weight excluding hydrogens is 524 g/mol. The van der Waals surface area contributed by atoms with E-state index < -0.39 is 54.0 Å². The number of anilines is 3. The van der Waals surface area contributed by atoms with Crippen LogP contribution in [-0.4, -0.2) is 42.8 Å². The van der Waals surface area contributed by atoms with Crippen LogP contribution in [0.4, 0.5) is 43.4 Å². The maximum atomic E-state index is 13.7. The fourth-order valence-electron chi connectivity index (χ4n) is 4.94. The first-order valence-electron chi connectivity index (χ1n) is 12.4. The Morgan fingerprint density at radius 3 is 2.18 bits per heavy atom. The second-order valence-electron chi connectivity index (χ2n) is 9.77. The van der Waals surface area contributed by atoms with Gasteiger partial charge < -0.3 is 15.1 Å². The summed E-state index contributed by atoms with van der Waals surface area (Å²) in [5.74, 6) is -5.37. The molecule has 5 nitrogen and oxygen atoms in total. The standard InChI is InChI=1S/C28H27F6N3O2/c1-17(2)37-24-11-7-6-10-23(24)36(20-8-4-3-5-9-20)16-22(26(37)39)35-25(38)14-18-12-13-19(27(29,30)31)15-21(18)28(32,33)34/h3-13,15,17-18,21-22H,14,16H2,1-2H3,(H,35,38). The number of fused-ring (bicyclic) bond motifs is 1. The third kappa shape index (κ3) is 6.12. The zero-order chi connectivity index (χ0) is 28.5. The predicted octanol–water partition coefficient (Wildman–Crippen LogP) is 6.31. The molecule has 0 aromatic heterocycles. The first-order chi connectivity index (χ1) is 18.3. The number of nitrogens with one attached hydrogen (secondary N) is 1. The summed E-state index contributed by atoms with van der Waals surface area (Å²) in [6, 6.07) is 14.9. The lowest BCUT2D eigenvalue weighted by atomic mass is 9.82. The fraction of sp³-hybridized carbons (Fsp3) is 0.357. The Hall–Kier alpha value is -3.76. The Bertz CT molecular complexity index is 1270. The van der Waals surface area contributed by atoms with Crippen LogP contribution in [0.3, 0.4) is 0 Å². The van der Waals surface area contributed by atoms with E-state index in [1.807, 2.05) is 47.4 Å². The van der Waals surface area contributed by atoms with E-state index in [1.165, 1.54) is 4.90 Å². The smallest absolute Gasteiger partial charge is 0.343 e. The molecule has 2 aliphatic rings. The highest BCUT2D eigenvalue weighted by molar-refractivity contribution is 6.04. The molecule has 208 valence electrons. The van der Waals surface area contributed by atoms with Crippen molar-refractivity contribution in [3.05, 3.63) is 78.4 Å². The maximum absolute atomic E-state index is 13.7. The second kappa shape index (κ2) is 10.8. The highest BCUT2D eigenvalue weighted by atomic mass is 19.4. The van der Waals surface area contributed by atoms with Gasteiger partial charge >= 0.3 is 12.4 Å². The monoisotopic (exact) mass is 551 g/mol. The van der Waals surface area contributed by atoms with Crippen molar-refractivity contribution in [3.8, 4) is 0 Å². The van der Waals surface area contributed by atoms with Gasteiger partial charge in [-0.25, -0.2) is 0 Å². The summed E-state index contributed by atoms with van der Waals surface area (Å²) in [5, 5.41) is 2.57. The van der Waals surface area contributed by atoms with E-state index in [9.17, 15) is 35.9 Å². The molecule has 11 heteroatoms. The number of amides is 2. The van der Waals surface area contributed by atoms with Gasteiger partial charge in [-0.05, 0) is 38.1 Å². The molecule has 0 saturated heterocycles. The van der Waals surface area contributed by atoms with Crippen LogP contribution in [0, 0.1) is 11.8 Å². The molecule has 0 fully saturated rings. The average Bonchev–Trinajstić information content (AvgIpc) is 2.98. The number of hydrogen-bond donors (Lipinski definition) is 1. The summed E-state index contributed by atoms with van der Waals surface area (Å²) in [6.07, 6.45) is -9.25. The first kappa shape index (κ1) is 28.3. The predicted molar refractivity (Wildman–Crippen MR) is 135 cm³/mol. The van der Waals surface area contributed by atoms with E-state index >= 15 is 0 Å². The van der Waals surface area contributed by atoms with Crippen LogP contribution in [-0.2, 0) is 9.59 Å². The molecule has 3 atom stereocenters. The summed E-state index contributed by atoms with van der Waals surface area (Å²) < 4.78 is 80.2. The number of allylic oxidation sites excluding steroid dienone is 4. The summed E-state index contributed by atoms with van der Waals surface area (Å²) in [5.41, 5.74) is 0.638. The van der Waals surface area contributed by atoms with Crippen molar-refractivity contribution in [3.63, 3.8) is 0 Å². The van der Waals surface area contributed by atoms with Gasteiger partial charge in [0.15, 0.2) is 0 Å². The molecule has 1 aliphatic carbocycles. The van der Waals surface area contributed by atoms with E-state index in [2.05, 4.69) is 5.32 Å². The zero-order valence-electron chi connectivity index (χ0n) is 21.1. The van der Waals surface area contributed by atoms with Crippen LogP contribution in [0.2, 0.25) is 0 Å². The largest absolute Gasteiger partial charge is 0.416 e. The van der Waals surface area contributed by atoms with E-state index in [0.717, 1.165) is 11.8 Å². The molecule has 3 unspecified atom stereocenters. The molecule has 2 aromatic carbocycles. The van der Waals surface area contributed by atoms with Gasteiger partial charge in [-0.1, -0.05) is 48.6 Å². The van der Waals surface area contributed by atoms with E-state index in [1.54, 1.807) is 26.0 Å². The summed E-state index contributed by atoms with van der Waals surface area (Å²) in [7, 11) is 0. The van der Waals surface area contributed by atoms with Crippen molar-refractivity contribution < 1.29 is 35.9 Å². The number of alkyl halides is 6. The molecule has 1 aliphatic heterocycles. The molecule has 0 radical (unpaired) electrons. The molecule has 39 heavy (non-hydrogen) atoms. The van der Waals surface area contributed by atoms with Gasteiger partial charge in [-0.2, -0.15) is 26.3 Å². The lowest BCUT2D eigenvalue weighted by molar-refractivity contribution is -0.172. The third-order valence-electron chi connectivity index (χ3n) is 6.72. The number of nitrogens with zero attached hydrogens (tertiary/aromatic N) is 2. The van der Waals surface area contributed by atoms with Crippen molar-refractivity contribution in [2.24, 2.45) is 11.8 Å². The van der Waals surface area contributed by atoms with Crippen LogP contribution in [0.25, 0.3) is 0 Å². The van der Waals surface area contributed by atoms with Crippen LogP contribution in [0.1, 0.15) is 20.3 Å². The lowest BCUT2D eigenvalue weighted by Crippen LogP contribution is -2.53. The Balaban J connectivity index is 1.62. The van der Waals surface area contributed by atoms with Crippen LogP contribution < -0.4 is 15.1 Å². The van der Waals surface area contributed by atoms with Gasteiger partial charge in [0.05, 0.1) is 29.4 Å². The molecule has 1 N–H and O–H groups in total. The molecule has 2 amide bonds. The number of halogens is 6. The lowest BCUT2D eigenvalue weighted by Gasteiger charge is -2.30. The average molecular weight is 552 g/mol. The van der Waals surface area contributed by atoms with E-state index in [4.69, 9.17) is 0 Å². The van der Waals surface area contributed by atoms with Gasteiger partial charge in [0.2, 0.25) is 5.91 Å². The van der Waals surface area contributed by atoms with Gasteiger partial charge in [0.1, 0.15) is 6.04 Å². The molecule has 0 saturated carbocycles. The number of rotatable bonds is 5. The topological polar surface area (TPSA) is 52.7 Å². The van der Waals surface area contributed by atoms with Crippen LogP contribution in [0.5, 0.6) is 0 Å². The van der Waals surface area contributed by atoms with Crippen molar-refractivity contribution in [2.45, 2.75) is 44.7 Å². The minimum absolute atomic E-state index is 0.00382. The van der Waals surface area contributed by atoms with Crippen molar-refractivity contribution in [1.82, 2.24) is 5.32 Å². The Morgan fingerprint density at radius 2 is 1.59 bits per heavy atom. The molecule has 2 aromatic rings. The Kier molecular flexibility index (Phi) is 7.81. The van der Waals surface area contributed by atoms with Crippen molar-refractivity contribution in [1.29, 1.82) is 0 Å². The molecule has 0 spiro atoms. The Labute approximate surface area is 221 Å². The fourth-order valence-corrected chi connectivity index (χ4v) is 4.94. The van der Waals surface area contributed by atoms with Gasteiger partial charge in [-0.3, -0.25) is 9.59 Å². The van der Waals surface area contributed by atoms with Gasteiger partial charge in [0.25, 0.3) is 5.91 Å².